The van der Waals surface area contributed by atoms with Gasteiger partial charge in [-0.1, -0.05) is 18.5 Å². The van der Waals surface area contributed by atoms with Gasteiger partial charge in [-0.25, -0.2) is 0 Å². The van der Waals surface area contributed by atoms with Crippen molar-refractivity contribution in [2.75, 3.05) is 6.26 Å². The van der Waals surface area contributed by atoms with Gasteiger partial charge in [0.25, 0.3) is 5.91 Å². The fourth-order valence-corrected chi connectivity index (χ4v) is 3.12. The van der Waals surface area contributed by atoms with Crippen LogP contribution in [0.15, 0.2) is 23.1 Å². The first-order chi connectivity index (χ1) is 9.10. The van der Waals surface area contributed by atoms with Gasteiger partial charge < -0.3 is 5.32 Å². The van der Waals surface area contributed by atoms with Gasteiger partial charge in [0, 0.05) is 10.9 Å². The molecule has 0 bridgehead atoms. The molecule has 104 valence electrons. The van der Waals surface area contributed by atoms with Crippen molar-refractivity contribution in [3.63, 3.8) is 0 Å². The number of amides is 1. The van der Waals surface area contributed by atoms with Gasteiger partial charge in [0.2, 0.25) is 0 Å². The van der Waals surface area contributed by atoms with E-state index in [1.165, 1.54) is 12.8 Å². The number of carbonyl (C=O) groups excluding carboxylic acids is 1. The molecule has 1 aromatic rings. The maximum absolute atomic E-state index is 12.3. The standard InChI is InChI=1S/C15H20ClNOS/c1-10-3-5-11(6-4-10)17-15(18)13-9-12(19-2)7-8-14(13)16/h7-11H,3-6H2,1-2H3,(H,17,18). The summed E-state index contributed by atoms with van der Waals surface area (Å²) in [7, 11) is 0. The Kier molecular flexibility index (Phi) is 5.17. The molecule has 2 rings (SSSR count). The summed E-state index contributed by atoms with van der Waals surface area (Å²) in [5, 5.41) is 3.64. The Bertz CT molecular complexity index is 455. The first kappa shape index (κ1) is 14.7. The van der Waals surface area contributed by atoms with Crippen molar-refractivity contribution in [2.45, 2.75) is 43.5 Å². The lowest BCUT2D eigenvalue weighted by molar-refractivity contribution is 0.0923. The van der Waals surface area contributed by atoms with E-state index < -0.39 is 0 Å². The molecule has 1 aromatic carbocycles. The highest BCUT2D eigenvalue weighted by Gasteiger charge is 2.21. The van der Waals surface area contributed by atoms with E-state index in [1.807, 2.05) is 18.4 Å². The molecule has 1 aliphatic rings. The van der Waals surface area contributed by atoms with Crippen molar-refractivity contribution in [2.24, 2.45) is 5.92 Å². The van der Waals surface area contributed by atoms with Crippen LogP contribution in [0.3, 0.4) is 0 Å². The molecule has 1 amide bonds. The average molecular weight is 298 g/mol. The van der Waals surface area contributed by atoms with Gasteiger partial charge >= 0.3 is 0 Å². The SMILES string of the molecule is CSc1ccc(Cl)c(C(=O)NC2CCC(C)CC2)c1. The minimum Gasteiger partial charge on any atom is -0.349 e. The molecule has 0 spiro atoms. The van der Waals surface area contributed by atoms with E-state index in [-0.39, 0.29) is 5.91 Å². The van der Waals surface area contributed by atoms with Crippen molar-refractivity contribution in [3.8, 4) is 0 Å². The maximum atomic E-state index is 12.3. The Labute approximate surface area is 124 Å². The highest BCUT2D eigenvalue weighted by atomic mass is 35.5. The molecule has 2 nitrogen and oxygen atoms in total. The fraction of sp³-hybridized carbons (Fsp3) is 0.533. The lowest BCUT2D eigenvalue weighted by Gasteiger charge is -2.27. The van der Waals surface area contributed by atoms with Crippen LogP contribution in [0, 0.1) is 5.92 Å². The summed E-state index contributed by atoms with van der Waals surface area (Å²) in [6.45, 7) is 2.27. The minimum absolute atomic E-state index is 0.0412. The summed E-state index contributed by atoms with van der Waals surface area (Å²) in [4.78, 5) is 13.3. The Hall–Kier alpha value is -0.670. The second kappa shape index (κ2) is 6.67. The molecule has 19 heavy (non-hydrogen) atoms. The molecule has 0 radical (unpaired) electrons. The number of hydrogen-bond acceptors (Lipinski definition) is 2. The van der Waals surface area contributed by atoms with Gasteiger partial charge in [-0.3, -0.25) is 4.79 Å². The van der Waals surface area contributed by atoms with Crippen LogP contribution in [0.25, 0.3) is 0 Å². The number of rotatable bonds is 3. The van der Waals surface area contributed by atoms with Crippen LogP contribution >= 0.6 is 23.4 Å². The number of benzene rings is 1. The molecule has 0 aliphatic heterocycles. The maximum Gasteiger partial charge on any atom is 0.253 e. The molecule has 0 unspecified atom stereocenters. The molecular weight excluding hydrogens is 278 g/mol. The van der Waals surface area contributed by atoms with Crippen LogP contribution in [0.4, 0.5) is 0 Å². The Morgan fingerprint density at radius 2 is 2.00 bits per heavy atom. The van der Waals surface area contributed by atoms with Crippen LogP contribution < -0.4 is 5.32 Å². The van der Waals surface area contributed by atoms with E-state index in [0.29, 0.717) is 16.6 Å². The van der Waals surface area contributed by atoms with E-state index in [2.05, 4.69) is 12.2 Å². The second-order valence-corrected chi connectivity index (χ2v) is 6.56. The van der Waals surface area contributed by atoms with Crippen molar-refractivity contribution in [1.82, 2.24) is 5.32 Å². The molecule has 0 saturated heterocycles. The Morgan fingerprint density at radius 1 is 1.32 bits per heavy atom. The largest absolute Gasteiger partial charge is 0.349 e. The van der Waals surface area contributed by atoms with Gasteiger partial charge in [0.15, 0.2) is 0 Å². The molecule has 1 aliphatic carbocycles. The number of hydrogen-bond donors (Lipinski definition) is 1. The average Bonchev–Trinajstić information content (AvgIpc) is 2.42. The monoisotopic (exact) mass is 297 g/mol. The molecule has 0 atom stereocenters. The van der Waals surface area contributed by atoms with E-state index in [9.17, 15) is 4.79 Å². The zero-order valence-corrected chi connectivity index (χ0v) is 13.0. The molecule has 0 aromatic heterocycles. The van der Waals surface area contributed by atoms with Crippen molar-refractivity contribution >= 4 is 29.3 Å². The highest BCUT2D eigenvalue weighted by Crippen LogP contribution is 2.26. The van der Waals surface area contributed by atoms with Crippen LogP contribution in [0.5, 0.6) is 0 Å². The molecule has 1 fully saturated rings. The third kappa shape index (κ3) is 3.90. The van der Waals surface area contributed by atoms with Crippen molar-refractivity contribution in [1.29, 1.82) is 0 Å². The predicted octanol–water partition coefficient (Wildman–Crippen LogP) is 4.37. The number of halogens is 1. The molecule has 4 heteroatoms. The van der Waals surface area contributed by atoms with Gasteiger partial charge in [-0.15, -0.1) is 11.8 Å². The van der Waals surface area contributed by atoms with Gasteiger partial charge in [0.1, 0.15) is 0 Å². The molecule has 1 saturated carbocycles. The zero-order valence-electron chi connectivity index (χ0n) is 11.4. The fourth-order valence-electron chi connectivity index (χ4n) is 2.47. The first-order valence-corrected chi connectivity index (χ1v) is 8.35. The number of carbonyl (C=O) groups is 1. The first-order valence-electron chi connectivity index (χ1n) is 6.74. The third-order valence-electron chi connectivity index (χ3n) is 3.77. The summed E-state index contributed by atoms with van der Waals surface area (Å²) in [5.41, 5.74) is 0.590. The summed E-state index contributed by atoms with van der Waals surface area (Å²) in [5.74, 6) is 0.747. The van der Waals surface area contributed by atoms with Gasteiger partial charge in [-0.05, 0) is 56.1 Å². The topological polar surface area (TPSA) is 29.1 Å². The Morgan fingerprint density at radius 3 is 2.63 bits per heavy atom. The molecular formula is C15H20ClNOS. The highest BCUT2D eigenvalue weighted by molar-refractivity contribution is 7.98. The second-order valence-electron chi connectivity index (χ2n) is 5.28. The lowest BCUT2D eigenvalue weighted by Crippen LogP contribution is -2.37. The predicted molar refractivity (Wildman–Crippen MR) is 82.1 cm³/mol. The third-order valence-corrected chi connectivity index (χ3v) is 4.82. The normalized spacial score (nSPS) is 23.1. The van der Waals surface area contributed by atoms with Gasteiger partial charge in [0.05, 0.1) is 10.6 Å². The summed E-state index contributed by atoms with van der Waals surface area (Å²) < 4.78 is 0. The quantitative estimate of drug-likeness (QED) is 0.839. The van der Waals surface area contributed by atoms with Crippen LogP contribution in [0.1, 0.15) is 43.0 Å². The molecule has 1 N–H and O–H groups in total. The van der Waals surface area contributed by atoms with Crippen LogP contribution in [-0.2, 0) is 0 Å². The van der Waals surface area contributed by atoms with Gasteiger partial charge in [-0.2, -0.15) is 0 Å². The van der Waals surface area contributed by atoms with Crippen LogP contribution in [-0.4, -0.2) is 18.2 Å². The van der Waals surface area contributed by atoms with E-state index in [4.69, 9.17) is 11.6 Å². The van der Waals surface area contributed by atoms with Crippen molar-refractivity contribution in [3.05, 3.63) is 28.8 Å². The van der Waals surface area contributed by atoms with Crippen molar-refractivity contribution < 1.29 is 4.79 Å². The van der Waals surface area contributed by atoms with Crippen LogP contribution in [0.2, 0.25) is 5.02 Å². The summed E-state index contributed by atoms with van der Waals surface area (Å²) >= 11 is 7.74. The minimum atomic E-state index is -0.0412. The van der Waals surface area contributed by atoms with E-state index in [1.54, 1.807) is 17.8 Å². The summed E-state index contributed by atoms with van der Waals surface area (Å²) in [6.07, 6.45) is 6.54. The van der Waals surface area contributed by atoms with E-state index >= 15 is 0 Å². The zero-order chi connectivity index (χ0) is 13.8. The molecule has 0 heterocycles. The number of thioether (sulfide) groups is 1. The summed E-state index contributed by atoms with van der Waals surface area (Å²) in [6, 6.07) is 5.91. The lowest BCUT2D eigenvalue weighted by atomic mass is 9.87. The van der Waals surface area contributed by atoms with E-state index in [0.717, 1.165) is 23.7 Å². The smallest absolute Gasteiger partial charge is 0.253 e. The number of nitrogens with one attached hydrogen (secondary N) is 1. The Balaban J connectivity index is 2.03.